The van der Waals surface area contributed by atoms with Crippen LogP contribution in [0.2, 0.25) is 0 Å². The number of nitrogens with two attached hydrogens (primary N) is 1. The second-order valence-corrected chi connectivity index (χ2v) is 6.81. The molecular weight excluding hydrogens is 248 g/mol. The highest BCUT2D eigenvalue weighted by atomic mass is 16.3. The van der Waals surface area contributed by atoms with Crippen molar-refractivity contribution < 1.29 is 5.11 Å². The second-order valence-electron chi connectivity index (χ2n) is 6.81. The standard InChI is InChI=1S/C17H26N2O/c1-17(11-18,13-5-3-2-4-6-13)12-19-14-7-8-15(19)10-16(20)9-14/h2-6,14-16,20H,7-12,18H2,1H3. The molecule has 2 bridgehead atoms. The van der Waals surface area contributed by atoms with Crippen molar-refractivity contribution in [1.82, 2.24) is 4.90 Å². The zero-order chi connectivity index (χ0) is 14.2. The van der Waals surface area contributed by atoms with Crippen LogP contribution in [-0.4, -0.2) is 41.3 Å². The average molecular weight is 274 g/mol. The lowest BCUT2D eigenvalue weighted by atomic mass is 9.81. The van der Waals surface area contributed by atoms with Gasteiger partial charge in [0, 0.05) is 30.6 Å². The summed E-state index contributed by atoms with van der Waals surface area (Å²) >= 11 is 0. The Morgan fingerprint density at radius 2 is 1.80 bits per heavy atom. The molecule has 3 heteroatoms. The summed E-state index contributed by atoms with van der Waals surface area (Å²) in [5.41, 5.74) is 7.45. The van der Waals surface area contributed by atoms with Gasteiger partial charge in [0.05, 0.1) is 6.10 Å². The summed E-state index contributed by atoms with van der Waals surface area (Å²) in [5.74, 6) is 0. The van der Waals surface area contributed by atoms with E-state index in [1.165, 1.54) is 18.4 Å². The third-order valence-corrected chi connectivity index (χ3v) is 5.31. The molecule has 2 saturated heterocycles. The molecule has 110 valence electrons. The maximum Gasteiger partial charge on any atom is 0.0570 e. The quantitative estimate of drug-likeness (QED) is 0.881. The molecule has 0 radical (unpaired) electrons. The Balaban J connectivity index is 1.79. The molecular formula is C17H26N2O. The number of aliphatic hydroxyl groups excluding tert-OH is 1. The maximum atomic E-state index is 9.93. The minimum absolute atomic E-state index is 0.00436. The zero-order valence-electron chi connectivity index (χ0n) is 12.3. The van der Waals surface area contributed by atoms with Crippen molar-refractivity contribution in [2.75, 3.05) is 13.1 Å². The van der Waals surface area contributed by atoms with Gasteiger partial charge < -0.3 is 10.8 Å². The molecule has 3 nitrogen and oxygen atoms in total. The van der Waals surface area contributed by atoms with Crippen molar-refractivity contribution >= 4 is 0 Å². The highest BCUT2D eigenvalue weighted by Crippen LogP contribution is 2.38. The third-order valence-electron chi connectivity index (χ3n) is 5.31. The van der Waals surface area contributed by atoms with Crippen LogP contribution in [0.1, 0.15) is 38.2 Å². The molecule has 0 aliphatic carbocycles. The van der Waals surface area contributed by atoms with E-state index in [0.29, 0.717) is 18.6 Å². The van der Waals surface area contributed by atoms with E-state index >= 15 is 0 Å². The van der Waals surface area contributed by atoms with Crippen molar-refractivity contribution in [3.63, 3.8) is 0 Å². The van der Waals surface area contributed by atoms with Gasteiger partial charge in [-0.3, -0.25) is 4.90 Å². The van der Waals surface area contributed by atoms with Crippen LogP contribution in [0.3, 0.4) is 0 Å². The van der Waals surface area contributed by atoms with Crippen molar-refractivity contribution in [3.8, 4) is 0 Å². The van der Waals surface area contributed by atoms with Crippen LogP contribution in [0, 0.1) is 0 Å². The predicted molar refractivity (Wildman–Crippen MR) is 81.6 cm³/mol. The van der Waals surface area contributed by atoms with E-state index in [1.807, 2.05) is 0 Å². The molecule has 1 aromatic carbocycles. The zero-order valence-corrected chi connectivity index (χ0v) is 12.3. The Morgan fingerprint density at radius 3 is 2.35 bits per heavy atom. The summed E-state index contributed by atoms with van der Waals surface area (Å²) in [6, 6.07) is 11.7. The topological polar surface area (TPSA) is 49.5 Å². The monoisotopic (exact) mass is 274 g/mol. The van der Waals surface area contributed by atoms with Crippen LogP contribution in [0.15, 0.2) is 30.3 Å². The summed E-state index contributed by atoms with van der Waals surface area (Å²) in [6.07, 6.45) is 4.25. The fourth-order valence-electron chi connectivity index (χ4n) is 4.02. The van der Waals surface area contributed by atoms with Crippen LogP contribution in [0.25, 0.3) is 0 Å². The number of nitrogens with zero attached hydrogens (tertiary/aromatic N) is 1. The van der Waals surface area contributed by atoms with Gasteiger partial charge in [-0.05, 0) is 31.2 Å². The number of hydrogen-bond acceptors (Lipinski definition) is 3. The first-order valence-corrected chi connectivity index (χ1v) is 7.82. The van der Waals surface area contributed by atoms with Crippen molar-refractivity contribution in [2.45, 2.75) is 56.2 Å². The fraction of sp³-hybridized carbons (Fsp3) is 0.647. The van der Waals surface area contributed by atoms with Gasteiger partial charge in [0.2, 0.25) is 0 Å². The Kier molecular flexibility index (Phi) is 3.85. The lowest BCUT2D eigenvalue weighted by molar-refractivity contribution is 0.0246. The van der Waals surface area contributed by atoms with Crippen molar-refractivity contribution in [1.29, 1.82) is 0 Å². The first kappa shape index (κ1) is 14.1. The molecule has 2 heterocycles. The van der Waals surface area contributed by atoms with Crippen LogP contribution in [0.4, 0.5) is 0 Å². The van der Waals surface area contributed by atoms with Crippen LogP contribution in [0.5, 0.6) is 0 Å². The smallest absolute Gasteiger partial charge is 0.0570 e. The van der Waals surface area contributed by atoms with E-state index < -0.39 is 0 Å². The Labute approximate surface area is 121 Å². The van der Waals surface area contributed by atoms with Gasteiger partial charge in [-0.1, -0.05) is 37.3 Å². The fourth-order valence-corrected chi connectivity index (χ4v) is 4.02. The molecule has 2 aliphatic rings. The summed E-state index contributed by atoms with van der Waals surface area (Å²) in [6.45, 7) is 3.94. The minimum Gasteiger partial charge on any atom is -0.393 e. The molecule has 0 spiro atoms. The number of aliphatic hydroxyl groups is 1. The molecule has 3 rings (SSSR count). The molecule has 2 aliphatic heterocycles. The number of rotatable bonds is 4. The first-order valence-electron chi connectivity index (χ1n) is 7.82. The van der Waals surface area contributed by atoms with Crippen LogP contribution >= 0.6 is 0 Å². The molecule has 0 amide bonds. The van der Waals surface area contributed by atoms with Gasteiger partial charge in [-0.25, -0.2) is 0 Å². The highest BCUT2D eigenvalue weighted by molar-refractivity contribution is 5.26. The molecule has 3 N–H and O–H groups in total. The number of benzene rings is 1. The predicted octanol–water partition coefficient (Wildman–Crippen LogP) is 1.89. The highest BCUT2D eigenvalue weighted by Gasteiger charge is 2.43. The number of hydrogen-bond donors (Lipinski definition) is 2. The second kappa shape index (κ2) is 5.47. The normalized spacial score (nSPS) is 33.0. The SMILES string of the molecule is CC(CN)(CN1C2CCC1CC(O)C2)c1ccccc1. The average Bonchev–Trinajstić information content (AvgIpc) is 2.71. The van der Waals surface area contributed by atoms with Crippen LogP contribution in [-0.2, 0) is 5.41 Å². The largest absolute Gasteiger partial charge is 0.393 e. The summed E-state index contributed by atoms with van der Waals surface area (Å²) in [7, 11) is 0. The Bertz CT molecular complexity index is 436. The van der Waals surface area contributed by atoms with E-state index in [-0.39, 0.29) is 11.5 Å². The molecule has 1 aromatic rings. The van der Waals surface area contributed by atoms with Gasteiger partial charge in [-0.15, -0.1) is 0 Å². The lowest BCUT2D eigenvalue weighted by Crippen LogP contribution is -2.52. The minimum atomic E-state index is -0.0930. The van der Waals surface area contributed by atoms with Crippen molar-refractivity contribution in [3.05, 3.63) is 35.9 Å². The molecule has 3 unspecified atom stereocenters. The third kappa shape index (κ3) is 2.50. The summed E-state index contributed by atoms with van der Waals surface area (Å²) in [4.78, 5) is 2.62. The van der Waals surface area contributed by atoms with Gasteiger partial charge in [0.25, 0.3) is 0 Å². The number of piperidine rings is 1. The molecule has 0 aromatic heterocycles. The van der Waals surface area contributed by atoms with Gasteiger partial charge >= 0.3 is 0 Å². The van der Waals surface area contributed by atoms with Crippen LogP contribution < -0.4 is 5.73 Å². The molecule has 3 atom stereocenters. The molecule has 20 heavy (non-hydrogen) atoms. The summed E-state index contributed by atoms with van der Waals surface area (Å²) in [5, 5.41) is 9.93. The van der Waals surface area contributed by atoms with E-state index in [4.69, 9.17) is 5.73 Å². The van der Waals surface area contributed by atoms with Gasteiger partial charge in [0.1, 0.15) is 0 Å². The van der Waals surface area contributed by atoms with E-state index in [9.17, 15) is 5.11 Å². The first-order chi connectivity index (χ1) is 9.62. The van der Waals surface area contributed by atoms with E-state index in [0.717, 1.165) is 19.4 Å². The molecule has 0 saturated carbocycles. The summed E-state index contributed by atoms with van der Waals surface area (Å²) < 4.78 is 0. The van der Waals surface area contributed by atoms with Gasteiger partial charge in [0.15, 0.2) is 0 Å². The number of fused-ring (bicyclic) bond motifs is 2. The van der Waals surface area contributed by atoms with Crippen molar-refractivity contribution in [2.24, 2.45) is 5.73 Å². The Hall–Kier alpha value is -0.900. The van der Waals surface area contributed by atoms with Gasteiger partial charge in [-0.2, -0.15) is 0 Å². The van der Waals surface area contributed by atoms with E-state index in [1.54, 1.807) is 0 Å². The maximum absolute atomic E-state index is 9.93. The van der Waals surface area contributed by atoms with E-state index in [2.05, 4.69) is 42.2 Å². The molecule has 2 fully saturated rings. The lowest BCUT2D eigenvalue weighted by Gasteiger charge is -2.42. The Morgan fingerprint density at radius 1 is 1.20 bits per heavy atom.